The first-order valence-corrected chi connectivity index (χ1v) is 9.37. The number of halogens is 1. The number of amides is 2. The van der Waals surface area contributed by atoms with Crippen molar-refractivity contribution in [2.75, 3.05) is 44.2 Å². The van der Waals surface area contributed by atoms with E-state index in [2.05, 4.69) is 10.2 Å². The normalized spacial score (nSPS) is 26.8. The van der Waals surface area contributed by atoms with Gasteiger partial charge in [-0.3, -0.25) is 14.5 Å². The van der Waals surface area contributed by atoms with E-state index in [1.807, 2.05) is 40.1 Å². The lowest BCUT2D eigenvalue weighted by Crippen LogP contribution is -2.56. The minimum absolute atomic E-state index is 0. The molecule has 6 nitrogen and oxygen atoms in total. The third-order valence-corrected chi connectivity index (χ3v) is 5.67. The molecule has 4 rings (SSSR count). The van der Waals surface area contributed by atoms with Crippen molar-refractivity contribution >= 4 is 29.9 Å². The van der Waals surface area contributed by atoms with Gasteiger partial charge in [0.2, 0.25) is 11.8 Å². The van der Waals surface area contributed by atoms with E-state index >= 15 is 0 Å². The highest BCUT2D eigenvalue weighted by molar-refractivity contribution is 5.99. The van der Waals surface area contributed by atoms with Gasteiger partial charge in [-0.1, -0.05) is 18.2 Å². The second kappa shape index (κ2) is 8.37. The van der Waals surface area contributed by atoms with E-state index in [0.717, 1.165) is 64.2 Å². The molecule has 1 N–H and O–H groups in total. The number of benzene rings is 1. The third kappa shape index (κ3) is 3.72. The number of carbonyl (C=O) groups excluding carboxylic acids is 2. The zero-order chi connectivity index (χ0) is 17.2. The third-order valence-electron chi connectivity index (χ3n) is 5.67. The molecule has 0 aliphatic carbocycles. The topological polar surface area (TPSA) is 55.9 Å². The Balaban J connectivity index is 0.00000196. The van der Waals surface area contributed by atoms with E-state index in [1.165, 1.54) is 0 Å². The minimum atomic E-state index is -0.0398. The molecule has 1 aromatic rings. The van der Waals surface area contributed by atoms with Gasteiger partial charge in [-0.2, -0.15) is 0 Å². The molecule has 1 aromatic carbocycles. The monoisotopic (exact) mass is 378 g/mol. The van der Waals surface area contributed by atoms with Crippen LogP contribution in [0, 0.1) is 0 Å². The van der Waals surface area contributed by atoms with Crippen molar-refractivity contribution < 1.29 is 9.59 Å². The molecule has 2 atom stereocenters. The van der Waals surface area contributed by atoms with E-state index in [1.54, 1.807) is 0 Å². The molecule has 0 saturated carbocycles. The summed E-state index contributed by atoms with van der Waals surface area (Å²) in [5.41, 5.74) is 0.983. The van der Waals surface area contributed by atoms with Gasteiger partial charge in [0.25, 0.3) is 0 Å². The molecule has 2 amide bonds. The quantitative estimate of drug-likeness (QED) is 0.856. The van der Waals surface area contributed by atoms with Gasteiger partial charge in [0, 0.05) is 38.4 Å². The van der Waals surface area contributed by atoms with Crippen LogP contribution in [0.2, 0.25) is 0 Å². The number of piperazine rings is 1. The van der Waals surface area contributed by atoms with Crippen molar-refractivity contribution in [3.8, 4) is 0 Å². The van der Waals surface area contributed by atoms with Crippen molar-refractivity contribution in [2.24, 2.45) is 0 Å². The highest BCUT2D eigenvalue weighted by atomic mass is 35.5. The van der Waals surface area contributed by atoms with Gasteiger partial charge >= 0.3 is 0 Å². The number of carbonyl (C=O) groups is 2. The average Bonchev–Trinajstić information content (AvgIpc) is 3.32. The van der Waals surface area contributed by atoms with E-state index in [-0.39, 0.29) is 36.3 Å². The van der Waals surface area contributed by atoms with Crippen LogP contribution in [0.1, 0.15) is 19.3 Å². The zero-order valence-corrected chi connectivity index (χ0v) is 15.8. The lowest BCUT2D eigenvalue weighted by Gasteiger charge is -2.38. The molecule has 26 heavy (non-hydrogen) atoms. The zero-order valence-electron chi connectivity index (χ0n) is 15.0. The Bertz CT molecular complexity index is 628. The van der Waals surface area contributed by atoms with Crippen molar-refractivity contribution in [1.82, 2.24) is 15.1 Å². The van der Waals surface area contributed by atoms with Crippen LogP contribution < -0.4 is 10.2 Å². The summed E-state index contributed by atoms with van der Waals surface area (Å²) in [6.07, 6.45) is 2.90. The van der Waals surface area contributed by atoms with Crippen LogP contribution in [-0.4, -0.2) is 73.0 Å². The van der Waals surface area contributed by atoms with Crippen molar-refractivity contribution in [1.29, 1.82) is 0 Å². The molecule has 0 radical (unpaired) electrons. The molecule has 0 spiro atoms. The van der Waals surface area contributed by atoms with Gasteiger partial charge in [0.1, 0.15) is 0 Å². The number of para-hydroxylation sites is 1. The lowest BCUT2D eigenvalue weighted by atomic mass is 10.1. The first kappa shape index (κ1) is 19.1. The maximum absolute atomic E-state index is 12.8. The van der Waals surface area contributed by atoms with Gasteiger partial charge in [-0.25, -0.2) is 0 Å². The summed E-state index contributed by atoms with van der Waals surface area (Å²) in [6.45, 7) is 4.76. The van der Waals surface area contributed by atoms with Crippen molar-refractivity contribution in [3.63, 3.8) is 0 Å². The van der Waals surface area contributed by atoms with Gasteiger partial charge in [-0.05, 0) is 37.9 Å². The fourth-order valence-corrected chi connectivity index (χ4v) is 4.24. The van der Waals surface area contributed by atoms with E-state index in [4.69, 9.17) is 0 Å². The highest BCUT2D eigenvalue weighted by Gasteiger charge is 2.38. The first-order chi connectivity index (χ1) is 12.2. The largest absolute Gasteiger partial charge is 0.339 e. The maximum Gasteiger partial charge on any atom is 0.244 e. The average molecular weight is 379 g/mol. The number of anilines is 1. The van der Waals surface area contributed by atoms with Gasteiger partial charge in [0.05, 0.1) is 12.1 Å². The van der Waals surface area contributed by atoms with E-state index in [0.29, 0.717) is 0 Å². The maximum atomic E-state index is 12.8. The summed E-state index contributed by atoms with van der Waals surface area (Å²) in [5.74, 6) is 0.434. The summed E-state index contributed by atoms with van der Waals surface area (Å²) in [6, 6.07) is 9.86. The van der Waals surface area contributed by atoms with Crippen molar-refractivity contribution in [3.05, 3.63) is 30.3 Å². The summed E-state index contributed by atoms with van der Waals surface area (Å²) in [7, 11) is 0. The molecule has 2 unspecified atom stereocenters. The molecule has 3 fully saturated rings. The van der Waals surface area contributed by atoms with E-state index < -0.39 is 0 Å². The SMILES string of the molecule is Cl.O=C(C1CCCN1)N1CCN(C2CCN(c3ccccc3)C2=O)CC1. The predicted molar refractivity (Wildman–Crippen MR) is 104 cm³/mol. The predicted octanol–water partition coefficient (Wildman–Crippen LogP) is 1.11. The number of nitrogens with zero attached hydrogens (tertiary/aromatic N) is 3. The molecule has 3 aliphatic rings. The second-order valence-corrected chi connectivity index (χ2v) is 7.14. The summed E-state index contributed by atoms with van der Waals surface area (Å²) in [4.78, 5) is 31.4. The molecule has 142 valence electrons. The van der Waals surface area contributed by atoms with Crippen LogP contribution in [0.5, 0.6) is 0 Å². The summed E-state index contributed by atoms with van der Waals surface area (Å²) in [5, 5.41) is 3.29. The Hall–Kier alpha value is -1.63. The Labute approximate surface area is 160 Å². The van der Waals surface area contributed by atoms with Crippen LogP contribution in [0.15, 0.2) is 30.3 Å². The van der Waals surface area contributed by atoms with E-state index in [9.17, 15) is 9.59 Å². The fraction of sp³-hybridized carbons (Fsp3) is 0.579. The molecular formula is C19H27ClN4O2. The number of nitrogens with one attached hydrogen (secondary N) is 1. The summed E-state index contributed by atoms with van der Waals surface area (Å²) >= 11 is 0. The van der Waals surface area contributed by atoms with Crippen LogP contribution in [0.3, 0.4) is 0 Å². The van der Waals surface area contributed by atoms with Crippen LogP contribution in [0.4, 0.5) is 5.69 Å². The van der Waals surface area contributed by atoms with Gasteiger partial charge in [0.15, 0.2) is 0 Å². The van der Waals surface area contributed by atoms with Crippen LogP contribution in [0.25, 0.3) is 0 Å². The standard InChI is InChI=1S/C19H26N4O2.ClH/c24-18(16-7-4-9-20-16)22-13-11-21(12-14-22)17-8-10-23(19(17)25)15-5-2-1-3-6-15;/h1-3,5-6,16-17,20H,4,7-14H2;1H. The van der Waals surface area contributed by atoms with Gasteiger partial charge in [-0.15, -0.1) is 12.4 Å². The van der Waals surface area contributed by atoms with Gasteiger partial charge < -0.3 is 15.1 Å². The number of hydrogen-bond acceptors (Lipinski definition) is 4. The summed E-state index contributed by atoms with van der Waals surface area (Å²) < 4.78 is 0. The Morgan fingerprint density at radius 3 is 2.38 bits per heavy atom. The Morgan fingerprint density at radius 1 is 1.00 bits per heavy atom. The smallest absolute Gasteiger partial charge is 0.244 e. The molecule has 0 aromatic heterocycles. The lowest BCUT2D eigenvalue weighted by molar-refractivity contribution is -0.135. The minimum Gasteiger partial charge on any atom is -0.339 e. The molecular weight excluding hydrogens is 352 g/mol. The van der Waals surface area contributed by atoms with Crippen LogP contribution in [-0.2, 0) is 9.59 Å². The molecule has 3 aliphatic heterocycles. The first-order valence-electron chi connectivity index (χ1n) is 9.37. The Kier molecular flexibility index (Phi) is 6.16. The molecule has 7 heteroatoms. The van der Waals surface area contributed by atoms with Crippen LogP contribution >= 0.6 is 12.4 Å². The Morgan fingerprint density at radius 2 is 1.73 bits per heavy atom. The fourth-order valence-electron chi connectivity index (χ4n) is 4.24. The molecule has 3 heterocycles. The second-order valence-electron chi connectivity index (χ2n) is 7.14. The molecule has 0 bridgehead atoms. The number of hydrogen-bond donors (Lipinski definition) is 1. The molecule has 3 saturated heterocycles. The number of rotatable bonds is 3. The van der Waals surface area contributed by atoms with Crippen molar-refractivity contribution in [2.45, 2.75) is 31.3 Å². The highest BCUT2D eigenvalue weighted by Crippen LogP contribution is 2.25.